The van der Waals surface area contributed by atoms with Gasteiger partial charge in [-0.15, -0.1) is 5.10 Å². The molecule has 2 rings (SSSR count). The van der Waals surface area contributed by atoms with Gasteiger partial charge in [0.2, 0.25) is 10.0 Å². The third-order valence-corrected chi connectivity index (χ3v) is 4.53. The first-order valence-electron chi connectivity index (χ1n) is 6.04. The van der Waals surface area contributed by atoms with E-state index in [9.17, 15) is 8.42 Å². The highest BCUT2D eigenvalue weighted by Crippen LogP contribution is 2.20. The highest BCUT2D eigenvalue weighted by atomic mass is 32.2. The molecule has 20 heavy (non-hydrogen) atoms. The van der Waals surface area contributed by atoms with Crippen LogP contribution in [0.25, 0.3) is 0 Å². The van der Waals surface area contributed by atoms with Crippen LogP contribution in [0.15, 0.2) is 17.3 Å². The quantitative estimate of drug-likeness (QED) is 0.678. The number of nitrogens with zero attached hydrogens (tertiary/aromatic N) is 5. The molecule has 2 heterocycles. The number of hydrogen-bond donors (Lipinski definition) is 2. The van der Waals surface area contributed by atoms with Gasteiger partial charge in [-0.2, -0.15) is 5.10 Å². The average molecular weight is 299 g/mol. The van der Waals surface area contributed by atoms with Gasteiger partial charge in [0.25, 0.3) is 0 Å². The monoisotopic (exact) mass is 299 g/mol. The molecule has 2 aromatic heterocycles. The van der Waals surface area contributed by atoms with Gasteiger partial charge in [-0.3, -0.25) is 9.36 Å². The van der Waals surface area contributed by atoms with Gasteiger partial charge >= 0.3 is 0 Å². The Labute approximate surface area is 116 Å². The van der Waals surface area contributed by atoms with E-state index in [1.165, 1.54) is 4.68 Å². The Balaban J connectivity index is 1.97. The zero-order valence-corrected chi connectivity index (χ0v) is 12.1. The Hall–Kier alpha value is -1.94. The summed E-state index contributed by atoms with van der Waals surface area (Å²) in [5.74, 6) is 0.00813. The first-order valence-corrected chi connectivity index (χ1v) is 7.53. The zero-order chi connectivity index (χ0) is 14.8. The van der Waals surface area contributed by atoms with E-state index in [0.717, 1.165) is 0 Å². The van der Waals surface area contributed by atoms with Crippen LogP contribution in [0.1, 0.15) is 12.1 Å². The van der Waals surface area contributed by atoms with E-state index >= 15 is 0 Å². The number of hydrogen-bond acceptors (Lipinski definition) is 6. The van der Waals surface area contributed by atoms with E-state index in [1.54, 1.807) is 31.0 Å². The van der Waals surface area contributed by atoms with Gasteiger partial charge < -0.3 is 5.73 Å². The smallest absolute Gasteiger partial charge is 0.246 e. The lowest BCUT2D eigenvalue weighted by molar-refractivity contribution is 0.542. The van der Waals surface area contributed by atoms with Crippen LogP contribution in [-0.4, -0.2) is 39.7 Å². The van der Waals surface area contributed by atoms with Crippen molar-refractivity contribution in [3.63, 3.8) is 0 Å². The van der Waals surface area contributed by atoms with Crippen LogP contribution in [0.5, 0.6) is 0 Å². The Morgan fingerprint density at radius 2 is 2.20 bits per heavy atom. The summed E-state index contributed by atoms with van der Waals surface area (Å²) in [6.07, 6.45) is 3.89. The Bertz CT molecular complexity index is 675. The van der Waals surface area contributed by atoms with Gasteiger partial charge in [0.15, 0.2) is 5.82 Å². The second kappa shape index (κ2) is 5.59. The standard InChI is InChI=1S/C10H17N7O2S/c1-8-9(10(11)14-16(8)2)20(18,19)13-4-3-6-17-7-5-12-15-17/h5,7,13H,3-4,6H2,1-2H3,(H2,11,14). The second-order valence-corrected chi connectivity index (χ2v) is 6.04. The van der Waals surface area contributed by atoms with Gasteiger partial charge in [-0.1, -0.05) is 5.21 Å². The molecule has 0 saturated heterocycles. The maximum Gasteiger partial charge on any atom is 0.246 e. The SMILES string of the molecule is Cc1c(S(=O)(=O)NCCCn2ccnn2)c(N)nn1C. The first kappa shape index (κ1) is 14.5. The number of rotatable bonds is 6. The molecule has 0 aliphatic carbocycles. The maximum absolute atomic E-state index is 12.2. The summed E-state index contributed by atoms with van der Waals surface area (Å²) >= 11 is 0. The van der Waals surface area contributed by atoms with Crippen molar-refractivity contribution < 1.29 is 8.42 Å². The first-order chi connectivity index (χ1) is 9.42. The molecular weight excluding hydrogens is 282 g/mol. The predicted molar refractivity (Wildman–Crippen MR) is 72.2 cm³/mol. The van der Waals surface area contributed by atoms with E-state index in [2.05, 4.69) is 20.1 Å². The van der Waals surface area contributed by atoms with Gasteiger partial charge in [0, 0.05) is 26.3 Å². The molecule has 0 aliphatic rings. The van der Waals surface area contributed by atoms with Crippen LogP contribution >= 0.6 is 0 Å². The van der Waals surface area contributed by atoms with E-state index in [0.29, 0.717) is 18.7 Å². The van der Waals surface area contributed by atoms with Crippen molar-refractivity contribution >= 4 is 15.8 Å². The molecular formula is C10H17N7O2S. The number of nitrogens with two attached hydrogens (primary N) is 1. The largest absolute Gasteiger partial charge is 0.381 e. The van der Waals surface area contributed by atoms with Gasteiger partial charge in [-0.05, 0) is 13.3 Å². The van der Waals surface area contributed by atoms with Crippen LogP contribution in [0.4, 0.5) is 5.82 Å². The molecule has 0 bridgehead atoms. The number of aryl methyl sites for hydroxylation is 2. The van der Waals surface area contributed by atoms with Crippen LogP contribution < -0.4 is 10.5 Å². The molecule has 3 N–H and O–H groups in total. The maximum atomic E-state index is 12.2. The van der Waals surface area contributed by atoms with Crippen molar-refractivity contribution in [2.75, 3.05) is 12.3 Å². The van der Waals surface area contributed by atoms with E-state index < -0.39 is 10.0 Å². The molecule has 9 nitrogen and oxygen atoms in total. The van der Waals surface area contributed by atoms with E-state index in [4.69, 9.17) is 5.73 Å². The van der Waals surface area contributed by atoms with Crippen molar-refractivity contribution in [2.24, 2.45) is 7.05 Å². The minimum Gasteiger partial charge on any atom is -0.381 e. The molecule has 0 radical (unpaired) electrons. The molecule has 0 fully saturated rings. The second-order valence-electron chi connectivity index (χ2n) is 4.34. The average Bonchev–Trinajstić information content (AvgIpc) is 2.95. The summed E-state index contributed by atoms with van der Waals surface area (Å²) in [4.78, 5) is 0.0424. The molecule has 0 aromatic carbocycles. The highest BCUT2D eigenvalue weighted by Gasteiger charge is 2.23. The van der Waals surface area contributed by atoms with E-state index in [-0.39, 0.29) is 17.3 Å². The number of nitrogens with one attached hydrogen (secondary N) is 1. The number of aromatic nitrogens is 5. The molecule has 0 aliphatic heterocycles. The predicted octanol–water partition coefficient (Wildman–Crippen LogP) is -0.729. The van der Waals surface area contributed by atoms with Crippen LogP contribution in [0, 0.1) is 6.92 Å². The number of sulfonamides is 1. The lowest BCUT2D eigenvalue weighted by atomic mass is 10.4. The summed E-state index contributed by atoms with van der Waals surface area (Å²) in [6, 6.07) is 0. The van der Waals surface area contributed by atoms with Gasteiger partial charge in [0.05, 0.1) is 11.9 Å². The molecule has 10 heteroatoms. The summed E-state index contributed by atoms with van der Waals surface area (Å²) in [7, 11) is -2.00. The molecule has 0 spiro atoms. The number of anilines is 1. The Morgan fingerprint density at radius 3 is 2.75 bits per heavy atom. The van der Waals surface area contributed by atoms with Gasteiger partial charge in [-0.25, -0.2) is 13.1 Å². The summed E-state index contributed by atoms with van der Waals surface area (Å²) < 4.78 is 29.9. The molecule has 0 unspecified atom stereocenters. The number of nitrogen functional groups attached to an aromatic ring is 1. The molecule has 0 amide bonds. The van der Waals surface area contributed by atoms with Crippen LogP contribution in [0.3, 0.4) is 0 Å². The Morgan fingerprint density at radius 1 is 1.45 bits per heavy atom. The normalized spacial score (nSPS) is 11.9. The van der Waals surface area contributed by atoms with Crippen molar-refractivity contribution in [1.82, 2.24) is 29.5 Å². The van der Waals surface area contributed by atoms with Crippen LogP contribution in [0.2, 0.25) is 0 Å². The Kier molecular flexibility index (Phi) is 4.04. The minimum absolute atomic E-state index is 0.00813. The van der Waals surface area contributed by atoms with Crippen molar-refractivity contribution in [1.29, 1.82) is 0 Å². The third-order valence-electron chi connectivity index (χ3n) is 2.90. The van der Waals surface area contributed by atoms with Crippen molar-refractivity contribution in [3.05, 3.63) is 18.1 Å². The summed E-state index contributed by atoms with van der Waals surface area (Å²) in [6.45, 7) is 2.54. The molecule has 0 saturated carbocycles. The van der Waals surface area contributed by atoms with Gasteiger partial charge in [0.1, 0.15) is 4.90 Å². The van der Waals surface area contributed by atoms with Crippen molar-refractivity contribution in [3.8, 4) is 0 Å². The topological polar surface area (TPSA) is 121 Å². The van der Waals surface area contributed by atoms with Crippen LogP contribution in [-0.2, 0) is 23.6 Å². The third kappa shape index (κ3) is 2.96. The highest BCUT2D eigenvalue weighted by molar-refractivity contribution is 7.89. The van der Waals surface area contributed by atoms with Crippen molar-refractivity contribution in [2.45, 2.75) is 24.8 Å². The summed E-state index contributed by atoms with van der Waals surface area (Å²) in [5, 5.41) is 11.4. The minimum atomic E-state index is -3.65. The summed E-state index contributed by atoms with van der Waals surface area (Å²) in [5.41, 5.74) is 6.14. The molecule has 2 aromatic rings. The lowest BCUT2D eigenvalue weighted by Gasteiger charge is -2.06. The lowest BCUT2D eigenvalue weighted by Crippen LogP contribution is -2.26. The zero-order valence-electron chi connectivity index (χ0n) is 11.3. The molecule has 110 valence electrons. The fourth-order valence-corrected chi connectivity index (χ4v) is 3.21. The molecule has 0 atom stereocenters. The fourth-order valence-electron chi connectivity index (χ4n) is 1.82. The van der Waals surface area contributed by atoms with E-state index in [1.807, 2.05) is 0 Å². The fraction of sp³-hybridized carbons (Fsp3) is 0.500.